The zero-order valence-corrected chi connectivity index (χ0v) is 13.6. The Balaban J connectivity index is 1.47. The van der Waals surface area contributed by atoms with Crippen LogP contribution in [0.2, 0.25) is 0 Å². The summed E-state index contributed by atoms with van der Waals surface area (Å²) in [6, 6.07) is 3.32. The van der Waals surface area contributed by atoms with Crippen LogP contribution in [0.5, 0.6) is 0 Å². The minimum atomic E-state index is 0.200. The summed E-state index contributed by atoms with van der Waals surface area (Å²) in [6.45, 7) is 4.20. The van der Waals surface area contributed by atoms with Gasteiger partial charge < -0.3 is 14.8 Å². The van der Waals surface area contributed by atoms with Crippen LogP contribution in [0.25, 0.3) is 0 Å². The van der Waals surface area contributed by atoms with Crippen molar-refractivity contribution in [2.75, 3.05) is 38.3 Å². The number of aromatic nitrogens is 2. The SMILES string of the molecule is c1cc(NC2CCOCC2)nc([C@@H]2COCCN2C2CCC2)n1. The second kappa shape index (κ2) is 7.11. The molecule has 1 N–H and O–H groups in total. The van der Waals surface area contributed by atoms with Crippen LogP contribution in [0.15, 0.2) is 12.3 Å². The van der Waals surface area contributed by atoms with Crippen molar-refractivity contribution in [1.82, 2.24) is 14.9 Å². The average Bonchev–Trinajstić information content (AvgIpc) is 2.55. The number of rotatable bonds is 4. The van der Waals surface area contributed by atoms with Crippen molar-refractivity contribution < 1.29 is 9.47 Å². The summed E-state index contributed by atoms with van der Waals surface area (Å²) < 4.78 is 11.1. The lowest BCUT2D eigenvalue weighted by atomic mass is 9.90. The summed E-state index contributed by atoms with van der Waals surface area (Å²) in [4.78, 5) is 11.9. The number of hydrogen-bond acceptors (Lipinski definition) is 6. The number of anilines is 1. The summed E-state index contributed by atoms with van der Waals surface area (Å²) in [5.74, 6) is 1.83. The second-order valence-electron chi connectivity index (χ2n) is 6.74. The van der Waals surface area contributed by atoms with Crippen molar-refractivity contribution in [2.45, 2.75) is 50.2 Å². The van der Waals surface area contributed by atoms with Gasteiger partial charge in [0.2, 0.25) is 0 Å². The Morgan fingerprint density at radius 3 is 2.74 bits per heavy atom. The minimum Gasteiger partial charge on any atom is -0.381 e. The fraction of sp³-hybridized carbons (Fsp3) is 0.765. The van der Waals surface area contributed by atoms with Gasteiger partial charge in [0.15, 0.2) is 0 Å². The lowest BCUT2D eigenvalue weighted by molar-refractivity contribution is -0.0496. The molecule has 1 saturated carbocycles. The summed E-state index contributed by atoms with van der Waals surface area (Å²) >= 11 is 0. The van der Waals surface area contributed by atoms with Crippen molar-refractivity contribution in [3.8, 4) is 0 Å². The lowest BCUT2D eigenvalue weighted by Gasteiger charge is -2.44. The molecule has 6 heteroatoms. The van der Waals surface area contributed by atoms with Crippen LogP contribution in [0.4, 0.5) is 5.82 Å². The predicted octanol–water partition coefficient (Wildman–Crippen LogP) is 1.99. The zero-order chi connectivity index (χ0) is 15.5. The smallest absolute Gasteiger partial charge is 0.150 e. The molecule has 0 aromatic carbocycles. The fourth-order valence-corrected chi connectivity index (χ4v) is 3.66. The number of nitrogens with zero attached hydrogens (tertiary/aromatic N) is 3. The molecule has 3 aliphatic rings. The Hall–Kier alpha value is -1.24. The lowest BCUT2D eigenvalue weighted by Crippen LogP contribution is -2.49. The topological polar surface area (TPSA) is 59.5 Å². The molecule has 0 amide bonds. The zero-order valence-electron chi connectivity index (χ0n) is 13.6. The molecular weight excluding hydrogens is 292 g/mol. The Morgan fingerprint density at radius 1 is 1.09 bits per heavy atom. The normalized spacial score (nSPS) is 27.6. The molecular formula is C17H26N4O2. The third kappa shape index (κ3) is 3.49. The molecule has 3 fully saturated rings. The summed E-state index contributed by atoms with van der Waals surface area (Å²) in [5.41, 5.74) is 0. The minimum absolute atomic E-state index is 0.200. The molecule has 4 rings (SSSR count). The summed E-state index contributed by atoms with van der Waals surface area (Å²) in [5, 5.41) is 3.54. The molecule has 0 radical (unpaired) electrons. The maximum Gasteiger partial charge on any atom is 0.150 e. The first-order valence-electron chi connectivity index (χ1n) is 8.91. The molecule has 2 aliphatic heterocycles. The van der Waals surface area contributed by atoms with E-state index < -0.39 is 0 Å². The molecule has 0 unspecified atom stereocenters. The van der Waals surface area contributed by atoms with Crippen LogP contribution in [-0.4, -0.2) is 59.9 Å². The maximum atomic E-state index is 5.72. The largest absolute Gasteiger partial charge is 0.381 e. The third-order valence-corrected chi connectivity index (χ3v) is 5.26. The van der Waals surface area contributed by atoms with E-state index in [9.17, 15) is 0 Å². The van der Waals surface area contributed by atoms with Gasteiger partial charge in [-0.3, -0.25) is 4.90 Å². The van der Waals surface area contributed by atoms with E-state index in [2.05, 4.69) is 15.2 Å². The Kier molecular flexibility index (Phi) is 4.73. The van der Waals surface area contributed by atoms with Crippen LogP contribution in [0.3, 0.4) is 0 Å². The molecule has 6 nitrogen and oxygen atoms in total. The van der Waals surface area contributed by atoms with Crippen molar-refractivity contribution in [2.24, 2.45) is 0 Å². The number of hydrogen-bond donors (Lipinski definition) is 1. The highest BCUT2D eigenvalue weighted by Crippen LogP contribution is 2.33. The highest BCUT2D eigenvalue weighted by molar-refractivity contribution is 5.34. The van der Waals surface area contributed by atoms with Gasteiger partial charge in [-0.15, -0.1) is 0 Å². The second-order valence-corrected chi connectivity index (χ2v) is 6.74. The summed E-state index contributed by atoms with van der Waals surface area (Å²) in [6.07, 6.45) is 7.91. The molecule has 3 heterocycles. The first kappa shape index (κ1) is 15.3. The first-order chi connectivity index (χ1) is 11.4. The van der Waals surface area contributed by atoms with Crippen LogP contribution in [0.1, 0.15) is 44.0 Å². The molecule has 2 saturated heterocycles. The monoisotopic (exact) mass is 318 g/mol. The van der Waals surface area contributed by atoms with Gasteiger partial charge in [-0.05, 0) is 31.7 Å². The molecule has 23 heavy (non-hydrogen) atoms. The molecule has 0 spiro atoms. The van der Waals surface area contributed by atoms with Gasteiger partial charge in [-0.1, -0.05) is 6.42 Å². The fourth-order valence-electron chi connectivity index (χ4n) is 3.66. The van der Waals surface area contributed by atoms with E-state index in [1.807, 2.05) is 12.3 Å². The van der Waals surface area contributed by atoms with Crippen molar-refractivity contribution in [1.29, 1.82) is 0 Å². The van der Waals surface area contributed by atoms with Crippen molar-refractivity contribution in [3.63, 3.8) is 0 Å². The van der Waals surface area contributed by atoms with E-state index in [1.165, 1.54) is 19.3 Å². The van der Waals surface area contributed by atoms with Gasteiger partial charge in [0.05, 0.1) is 19.3 Å². The summed E-state index contributed by atoms with van der Waals surface area (Å²) in [7, 11) is 0. The average molecular weight is 318 g/mol. The number of ether oxygens (including phenoxy) is 2. The standard InChI is InChI=1S/C17H26N4O2/c1-2-14(3-1)21-8-11-23-12-15(21)17-18-7-4-16(20-17)19-13-5-9-22-10-6-13/h4,7,13-15H,1-3,5-6,8-12H2,(H,18,19,20)/t15-/m0/s1. The predicted molar refractivity (Wildman–Crippen MR) is 87.4 cm³/mol. The van der Waals surface area contributed by atoms with Gasteiger partial charge in [0.25, 0.3) is 0 Å². The van der Waals surface area contributed by atoms with Gasteiger partial charge in [0, 0.05) is 38.0 Å². The van der Waals surface area contributed by atoms with E-state index in [1.54, 1.807) is 0 Å². The number of nitrogens with one attached hydrogen (secondary N) is 1. The van der Waals surface area contributed by atoms with Gasteiger partial charge in [0.1, 0.15) is 11.6 Å². The van der Waals surface area contributed by atoms with E-state index in [0.717, 1.165) is 50.8 Å². The van der Waals surface area contributed by atoms with E-state index >= 15 is 0 Å². The first-order valence-corrected chi connectivity index (χ1v) is 8.91. The highest BCUT2D eigenvalue weighted by Gasteiger charge is 2.35. The molecule has 1 aromatic rings. The van der Waals surface area contributed by atoms with Gasteiger partial charge in [-0.25, -0.2) is 9.97 Å². The van der Waals surface area contributed by atoms with Crippen molar-refractivity contribution in [3.05, 3.63) is 18.1 Å². The van der Waals surface area contributed by atoms with E-state index in [4.69, 9.17) is 14.5 Å². The number of morpholine rings is 1. The Morgan fingerprint density at radius 2 is 1.96 bits per heavy atom. The molecule has 1 atom stereocenters. The van der Waals surface area contributed by atoms with Crippen LogP contribution in [-0.2, 0) is 9.47 Å². The van der Waals surface area contributed by atoms with Crippen molar-refractivity contribution >= 4 is 5.82 Å². The molecule has 0 bridgehead atoms. The van der Waals surface area contributed by atoms with E-state index in [-0.39, 0.29) is 6.04 Å². The van der Waals surface area contributed by atoms with Gasteiger partial charge in [-0.2, -0.15) is 0 Å². The third-order valence-electron chi connectivity index (χ3n) is 5.26. The molecule has 1 aromatic heterocycles. The highest BCUT2D eigenvalue weighted by atomic mass is 16.5. The van der Waals surface area contributed by atoms with Crippen LogP contribution >= 0.6 is 0 Å². The van der Waals surface area contributed by atoms with Crippen LogP contribution in [0, 0.1) is 0 Å². The van der Waals surface area contributed by atoms with Gasteiger partial charge >= 0.3 is 0 Å². The Bertz CT molecular complexity index is 517. The molecule has 1 aliphatic carbocycles. The quantitative estimate of drug-likeness (QED) is 0.916. The van der Waals surface area contributed by atoms with Crippen LogP contribution < -0.4 is 5.32 Å². The molecule has 126 valence electrons. The Labute approximate surface area is 137 Å². The van der Waals surface area contributed by atoms with E-state index in [0.29, 0.717) is 18.7 Å². The maximum absolute atomic E-state index is 5.72.